The number of halogens is 2. The predicted molar refractivity (Wildman–Crippen MR) is 59.9 cm³/mol. The Kier molecular flexibility index (Phi) is 3.51. The van der Waals surface area contributed by atoms with Gasteiger partial charge in [-0.15, -0.1) is 11.3 Å². The Balaban J connectivity index is 1.88. The number of hydrogen-bond acceptors (Lipinski definition) is 3. The van der Waals surface area contributed by atoms with Crippen LogP contribution in [0.1, 0.15) is 4.88 Å². The summed E-state index contributed by atoms with van der Waals surface area (Å²) in [6.07, 6.45) is 0.764. The van der Waals surface area contributed by atoms with Gasteiger partial charge in [0.25, 0.3) is 6.43 Å². The number of nitrogens with zero attached hydrogens (tertiary/aromatic N) is 2. The normalized spacial score (nSPS) is 10.9. The lowest BCUT2D eigenvalue weighted by Crippen LogP contribution is -2.06. The first kappa shape index (κ1) is 11.1. The van der Waals surface area contributed by atoms with E-state index in [-0.39, 0.29) is 6.54 Å². The molecule has 2 heterocycles. The van der Waals surface area contributed by atoms with Crippen LogP contribution in [0.3, 0.4) is 0 Å². The van der Waals surface area contributed by atoms with Crippen molar-refractivity contribution in [2.45, 2.75) is 19.5 Å². The van der Waals surface area contributed by atoms with Gasteiger partial charge in [0.05, 0.1) is 11.9 Å². The number of rotatable bonds is 5. The molecule has 3 nitrogen and oxygen atoms in total. The summed E-state index contributed by atoms with van der Waals surface area (Å²) in [6, 6.07) is 3.99. The quantitative estimate of drug-likeness (QED) is 0.875. The minimum absolute atomic E-state index is 0.360. The van der Waals surface area contributed by atoms with E-state index in [1.54, 1.807) is 23.7 Å². The molecule has 0 aromatic carbocycles. The Labute approximate surface area is 95.7 Å². The van der Waals surface area contributed by atoms with Crippen molar-refractivity contribution >= 4 is 17.0 Å². The molecular formula is C10H11F2N3S. The van der Waals surface area contributed by atoms with E-state index in [1.165, 1.54) is 9.56 Å². The van der Waals surface area contributed by atoms with Gasteiger partial charge in [0.15, 0.2) is 0 Å². The van der Waals surface area contributed by atoms with Crippen molar-refractivity contribution < 1.29 is 8.78 Å². The fraction of sp³-hybridized carbons (Fsp3) is 0.300. The molecule has 0 radical (unpaired) electrons. The molecule has 0 aliphatic rings. The Morgan fingerprint density at radius 3 is 3.06 bits per heavy atom. The SMILES string of the molecule is FC(F)Cn1cc(NCc2cccs2)cn1. The highest BCUT2D eigenvalue weighted by Gasteiger charge is 2.05. The molecule has 0 saturated carbocycles. The first-order valence-electron chi connectivity index (χ1n) is 4.81. The highest BCUT2D eigenvalue weighted by Crippen LogP contribution is 2.12. The molecule has 6 heteroatoms. The third kappa shape index (κ3) is 3.03. The van der Waals surface area contributed by atoms with Gasteiger partial charge in [0.2, 0.25) is 0 Å². The third-order valence-electron chi connectivity index (χ3n) is 2.01. The maximum Gasteiger partial charge on any atom is 0.257 e. The molecule has 0 saturated heterocycles. The second-order valence-electron chi connectivity index (χ2n) is 3.28. The largest absolute Gasteiger partial charge is 0.378 e. The van der Waals surface area contributed by atoms with Crippen LogP contribution >= 0.6 is 11.3 Å². The monoisotopic (exact) mass is 243 g/mol. The number of anilines is 1. The zero-order valence-corrected chi connectivity index (χ0v) is 9.25. The highest BCUT2D eigenvalue weighted by atomic mass is 32.1. The van der Waals surface area contributed by atoms with E-state index < -0.39 is 6.43 Å². The molecule has 1 N–H and O–H groups in total. The number of nitrogens with one attached hydrogen (secondary N) is 1. The fourth-order valence-corrected chi connectivity index (χ4v) is 1.94. The molecule has 0 unspecified atom stereocenters. The summed E-state index contributed by atoms with van der Waals surface area (Å²) in [4.78, 5) is 1.20. The van der Waals surface area contributed by atoms with Gasteiger partial charge in [-0.1, -0.05) is 6.07 Å². The Morgan fingerprint density at radius 2 is 2.38 bits per heavy atom. The van der Waals surface area contributed by atoms with Crippen molar-refractivity contribution in [3.05, 3.63) is 34.8 Å². The molecule has 16 heavy (non-hydrogen) atoms. The van der Waals surface area contributed by atoms with Crippen molar-refractivity contribution in [2.75, 3.05) is 5.32 Å². The minimum Gasteiger partial charge on any atom is -0.378 e. The van der Waals surface area contributed by atoms with Crippen LogP contribution in [-0.4, -0.2) is 16.2 Å². The average molecular weight is 243 g/mol. The Hall–Kier alpha value is -1.43. The van der Waals surface area contributed by atoms with Crippen LogP contribution in [0.2, 0.25) is 0 Å². The molecule has 2 rings (SSSR count). The molecule has 0 bridgehead atoms. The van der Waals surface area contributed by atoms with E-state index in [4.69, 9.17) is 0 Å². The van der Waals surface area contributed by atoms with Crippen molar-refractivity contribution in [3.63, 3.8) is 0 Å². The van der Waals surface area contributed by atoms with Gasteiger partial charge < -0.3 is 5.32 Å². The standard InChI is InChI=1S/C10H11F2N3S/c11-10(12)7-15-6-8(4-14-15)13-5-9-2-1-3-16-9/h1-4,6,10,13H,5,7H2. The smallest absolute Gasteiger partial charge is 0.257 e. The predicted octanol–water partition coefficient (Wildman–Crippen LogP) is 2.82. The first-order valence-corrected chi connectivity index (χ1v) is 5.69. The molecule has 2 aromatic rings. The molecule has 0 spiro atoms. The summed E-state index contributed by atoms with van der Waals surface area (Å²) in [5.74, 6) is 0. The van der Waals surface area contributed by atoms with Crippen molar-refractivity contribution in [1.82, 2.24) is 9.78 Å². The molecule has 86 valence electrons. The van der Waals surface area contributed by atoms with E-state index >= 15 is 0 Å². The lowest BCUT2D eigenvalue weighted by Gasteiger charge is -2.00. The van der Waals surface area contributed by atoms with E-state index in [2.05, 4.69) is 10.4 Å². The minimum atomic E-state index is -2.37. The number of aromatic nitrogens is 2. The first-order chi connectivity index (χ1) is 7.74. The molecule has 0 atom stereocenters. The molecule has 0 aliphatic heterocycles. The van der Waals surface area contributed by atoms with E-state index in [0.717, 1.165) is 5.69 Å². The zero-order chi connectivity index (χ0) is 11.4. The molecular weight excluding hydrogens is 232 g/mol. The fourth-order valence-electron chi connectivity index (χ4n) is 1.30. The van der Waals surface area contributed by atoms with Crippen LogP contribution in [-0.2, 0) is 13.1 Å². The van der Waals surface area contributed by atoms with Crippen LogP contribution in [0.25, 0.3) is 0 Å². The van der Waals surface area contributed by atoms with Gasteiger partial charge in [0.1, 0.15) is 6.54 Å². The van der Waals surface area contributed by atoms with E-state index in [0.29, 0.717) is 6.54 Å². The second kappa shape index (κ2) is 5.07. The van der Waals surface area contributed by atoms with Gasteiger partial charge in [-0.05, 0) is 11.4 Å². The summed E-state index contributed by atoms with van der Waals surface area (Å²) in [7, 11) is 0. The summed E-state index contributed by atoms with van der Waals surface area (Å²) in [5, 5.41) is 8.95. The second-order valence-corrected chi connectivity index (χ2v) is 4.31. The van der Waals surface area contributed by atoms with Gasteiger partial charge in [-0.25, -0.2) is 8.78 Å². The lowest BCUT2D eigenvalue weighted by molar-refractivity contribution is 0.122. The van der Waals surface area contributed by atoms with Crippen molar-refractivity contribution in [1.29, 1.82) is 0 Å². The zero-order valence-electron chi connectivity index (χ0n) is 8.44. The number of thiophene rings is 1. The van der Waals surface area contributed by atoms with Crippen LogP contribution < -0.4 is 5.32 Å². The maximum atomic E-state index is 12.1. The van der Waals surface area contributed by atoms with Gasteiger partial charge in [0, 0.05) is 17.6 Å². The molecule has 0 amide bonds. The number of alkyl halides is 2. The van der Waals surface area contributed by atoms with Gasteiger partial charge in [-0.3, -0.25) is 4.68 Å². The van der Waals surface area contributed by atoms with E-state index in [9.17, 15) is 8.78 Å². The van der Waals surface area contributed by atoms with Crippen LogP contribution in [0.5, 0.6) is 0 Å². The Morgan fingerprint density at radius 1 is 1.50 bits per heavy atom. The number of hydrogen-bond donors (Lipinski definition) is 1. The van der Waals surface area contributed by atoms with E-state index in [1.807, 2.05) is 17.5 Å². The topological polar surface area (TPSA) is 29.9 Å². The molecule has 2 aromatic heterocycles. The average Bonchev–Trinajstić information content (AvgIpc) is 2.84. The Bertz CT molecular complexity index is 425. The lowest BCUT2D eigenvalue weighted by atomic mass is 10.4. The summed E-state index contributed by atoms with van der Waals surface area (Å²) < 4.78 is 25.4. The third-order valence-corrected chi connectivity index (χ3v) is 2.88. The van der Waals surface area contributed by atoms with Gasteiger partial charge in [-0.2, -0.15) is 5.10 Å². The maximum absolute atomic E-state index is 12.1. The van der Waals surface area contributed by atoms with Crippen LogP contribution in [0.4, 0.5) is 14.5 Å². The van der Waals surface area contributed by atoms with Crippen molar-refractivity contribution in [3.8, 4) is 0 Å². The summed E-state index contributed by atoms with van der Waals surface area (Å²) in [5.41, 5.74) is 0.758. The van der Waals surface area contributed by atoms with Crippen LogP contribution in [0, 0.1) is 0 Å². The summed E-state index contributed by atoms with van der Waals surface area (Å²) >= 11 is 1.65. The molecule has 0 fully saturated rings. The van der Waals surface area contributed by atoms with Crippen molar-refractivity contribution in [2.24, 2.45) is 0 Å². The van der Waals surface area contributed by atoms with Crippen LogP contribution in [0.15, 0.2) is 29.9 Å². The molecule has 0 aliphatic carbocycles. The highest BCUT2D eigenvalue weighted by molar-refractivity contribution is 7.09. The summed E-state index contributed by atoms with van der Waals surface area (Å²) in [6.45, 7) is 0.332. The van der Waals surface area contributed by atoms with Gasteiger partial charge >= 0.3 is 0 Å².